The third kappa shape index (κ3) is 5.11. The van der Waals surface area contributed by atoms with Crippen LogP contribution < -0.4 is 5.43 Å². The number of amides is 1. The van der Waals surface area contributed by atoms with Crippen LogP contribution in [0.15, 0.2) is 29.4 Å². The third-order valence-corrected chi connectivity index (χ3v) is 2.63. The summed E-state index contributed by atoms with van der Waals surface area (Å²) < 4.78 is 4.72. The van der Waals surface area contributed by atoms with Crippen molar-refractivity contribution in [1.29, 1.82) is 5.26 Å². The summed E-state index contributed by atoms with van der Waals surface area (Å²) in [5, 5.41) is 12.8. The molecule has 106 valence electrons. The highest BCUT2D eigenvalue weighted by molar-refractivity contribution is 6.02. The average molecular weight is 273 g/mol. The summed E-state index contributed by atoms with van der Waals surface area (Å²) in [4.78, 5) is 11.2. The molecule has 0 atom stereocenters. The summed E-state index contributed by atoms with van der Waals surface area (Å²) >= 11 is 0. The molecule has 0 spiro atoms. The normalized spacial score (nSPS) is 10.8. The molecule has 1 rings (SSSR count). The van der Waals surface area contributed by atoms with Crippen molar-refractivity contribution in [2.75, 3.05) is 6.61 Å². The number of hydrogen-bond acceptors (Lipinski definition) is 4. The van der Waals surface area contributed by atoms with E-state index in [-0.39, 0.29) is 13.0 Å². The van der Waals surface area contributed by atoms with E-state index < -0.39 is 6.09 Å². The number of carbonyl (C=O) groups excluding carboxylic acids is 1. The van der Waals surface area contributed by atoms with Crippen molar-refractivity contribution in [3.8, 4) is 6.07 Å². The molecule has 0 saturated heterocycles. The van der Waals surface area contributed by atoms with Crippen LogP contribution in [0.25, 0.3) is 0 Å². The molecule has 5 nitrogen and oxygen atoms in total. The molecule has 0 aliphatic rings. The van der Waals surface area contributed by atoms with Crippen molar-refractivity contribution in [3.63, 3.8) is 0 Å². The number of nitriles is 1. The summed E-state index contributed by atoms with van der Waals surface area (Å²) in [6.45, 7) is 4.12. The molecule has 0 aromatic heterocycles. The fourth-order valence-electron chi connectivity index (χ4n) is 1.71. The van der Waals surface area contributed by atoms with E-state index in [2.05, 4.69) is 17.5 Å². The summed E-state index contributed by atoms with van der Waals surface area (Å²) in [6, 6.07) is 9.88. The van der Waals surface area contributed by atoms with Crippen molar-refractivity contribution in [1.82, 2.24) is 5.43 Å². The Kier molecular flexibility index (Phi) is 6.83. The van der Waals surface area contributed by atoms with E-state index in [9.17, 15) is 4.79 Å². The van der Waals surface area contributed by atoms with Gasteiger partial charge in [-0.2, -0.15) is 10.4 Å². The van der Waals surface area contributed by atoms with Gasteiger partial charge in [-0.05, 0) is 24.5 Å². The van der Waals surface area contributed by atoms with Crippen molar-refractivity contribution < 1.29 is 9.53 Å². The Morgan fingerprint density at radius 1 is 1.35 bits per heavy atom. The lowest BCUT2D eigenvalue weighted by molar-refractivity contribution is 0.152. The molecule has 1 N–H and O–H groups in total. The van der Waals surface area contributed by atoms with Gasteiger partial charge in [0.05, 0.1) is 24.8 Å². The summed E-state index contributed by atoms with van der Waals surface area (Å²) in [7, 11) is 0. The van der Waals surface area contributed by atoms with Gasteiger partial charge in [-0.15, -0.1) is 0 Å². The van der Waals surface area contributed by atoms with Crippen LogP contribution in [0.1, 0.15) is 37.8 Å². The van der Waals surface area contributed by atoms with Gasteiger partial charge >= 0.3 is 6.09 Å². The first-order valence-corrected chi connectivity index (χ1v) is 6.66. The molecule has 0 bridgehead atoms. The first-order chi connectivity index (χ1) is 9.71. The van der Waals surface area contributed by atoms with Gasteiger partial charge in [0.15, 0.2) is 0 Å². The zero-order valence-corrected chi connectivity index (χ0v) is 11.8. The van der Waals surface area contributed by atoms with Gasteiger partial charge in [-0.1, -0.05) is 37.6 Å². The number of nitrogens with zero attached hydrogens (tertiary/aromatic N) is 2. The van der Waals surface area contributed by atoms with Gasteiger partial charge in [0.2, 0.25) is 0 Å². The summed E-state index contributed by atoms with van der Waals surface area (Å²) in [6.07, 6.45) is 1.61. The zero-order valence-electron chi connectivity index (χ0n) is 11.8. The Balaban J connectivity index is 2.82. The zero-order chi connectivity index (χ0) is 14.8. The van der Waals surface area contributed by atoms with Gasteiger partial charge in [-0.25, -0.2) is 10.2 Å². The molecule has 0 heterocycles. The third-order valence-electron chi connectivity index (χ3n) is 2.63. The van der Waals surface area contributed by atoms with E-state index in [1.54, 1.807) is 6.92 Å². The van der Waals surface area contributed by atoms with E-state index >= 15 is 0 Å². The predicted molar refractivity (Wildman–Crippen MR) is 77.4 cm³/mol. The molecule has 0 aliphatic carbocycles. The lowest BCUT2D eigenvalue weighted by Crippen LogP contribution is -2.21. The van der Waals surface area contributed by atoms with Crippen LogP contribution in [-0.2, 0) is 11.2 Å². The fraction of sp³-hybridized carbons (Fsp3) is 0.400. The molecular formula is C15H19N3O2. The Bertz CT molecular complexity index is 501. The highest BCUT2D eigenvalue weighted by Gasteiger charge is 2.05. The molecule has 0 unspecified atom stereocenters. The van der Waals surface area contributed by atoms with Crippen molar-refractivity contribution in [3.05, 3.63) is 35.4 Å². The summed E-state index contributed by atoms with van der Waals surface area (Å²) in [5.41, 5.74) is 4.86. The van der Waals surface area contributed by atoms with E-state index in [4.69, 9.17) is 10.00 Å². The minimum absolute atomic E-state index is 0.125. The molecule has 0 aliphatic heterocycles. The smallest absolute Gasteiger partial charge is 0.427 e. The second kappa shape index (κ2) is 8.70. The predicted octanol–water partition coefficient (Wildman–Crippen LogP) is 3.00. The molecule has 5 heteroatoms. The lowest BCUT2D eigenvalue weighted by atomic mass is 10.0. The van der Waals surface area contributed by atoms with Gasteiger partial charge in [0.1, 0.15) is 0 Å². The van der Waals surface area contributed by atoms with Gasteiger partial charge in [0, 0.05) is 0 Å². The number of rotatable bonds is 6. The van der Waals surface area contributed by atoms with Crippen LogP contribution in [0.4, 0.5) is 4.79 Å². The molecule has 1 aromatic rings. The first-order valence-electron chi connectivity index (χ1n) is 6.66. The number of hydrazone groups is 1. The minimum atomic E-state index is -0.620. The molecule has 0 saturated carbocycles. The second-order valence-electron chi connectivity index (χ2n) is 4.17. The van der Waals surface area contributed by atoms with Crippen LogP contribution in [0.5, 0.6) is 0 Å². The lowest BCUT2D eigenvalue weighted by Gasteiger charge is -2.06. The van der Waals surface area contributed by atoms with Crippen LogP contribution in [0.2, 0.25) is 0 Å². The number of nitrogens with one attached hydrogen (secondary N) is 1. The Morgan fingerprint density at radius 2 is 2.05 bits per heavy atom. The van der Waals surface area contributed by atoms with E-state index in [1.807, 2.05) is 30.3 Å². The highest BCUT2D eigenvalue weighted by Crippen LogP contribution is 2.09. The van der Waals surface area contributed by atoms with Gasteiger partial charge in [0.25, 0.3) is 0 Å². The van der Waals surface area contributed by atoms with E-state index in [0.29, 0.717) is 5.71 Å². The topological polar surface area (TPSA) is 74.5 Å². The second-order valence-corrected chi connectivity index (χ2v) is 4.17. The Morgan fingerprint density at radius 3 is 2.60 bits per heavy atom. The number of hydrogen-bond donors (Lipinski definition) is 1. The largest absolute Gasteiger partial charge is 0.449 e. The molecule has 1 amide bonds. The minimum Gasteiger partial charge on any atom is -0.449 e. The monoisotopic (exact) mass is 273 g/mol. The van der Waals surface area contributed by atoms with Crippen molar-refractivity contribution >= 4 is 11.8 Å². The number of ether oxygens (including phenoxy) is 1. The Labute approximate surface area is 119 Å². The Hall–Kier alpha value is -2.35. The molecule has 0 fully saturated rings. The van der Waals surface area contributed by atoms with Crippen LogP contribution >= 0.6 is 0 Å². The number of aryl methyl sites for hydroxylation is 1. The number of carbonyl (C=O) groups is 1. The maximum atomic E-state index is 11.2. The average Bonchev–Trinajstić information content (AvgIpc) is 2.45. The van der Waals surface area contributed by atoms with Gasteiger partial charge in [-0.3, -0.25) is 0 Å². The van der Waals surface area contributed by atoms with Crippen LogP contribution in [-0.4, -0.2) is 18.4 Å². The van der Waals surface area contributed by atoms with Crippen LogP contribution in [0.3, 0.4) is 0 Å². The molecule has 1 aromatic carbocycles. The highest BCUT2D eigenvalue weighted by atomic mass is 16.5. The maximum Gasteiger partial charge on any atom is 0.427 e. The number of benzene rings is 1. The molecular weight excluding hydrogens is 254 g/mol. The van der Waals surface area contributed by atoms with Gasteiger partial charge < -0.3 is 4.74 Å². The maximum absolute atomic E-state index is 11.2. The molecule has 0 radical (unpaired) electrons. The molecule has 20 heavy (non-hydrogen) atoms. The fourth-order valence-corrected chi connectivity index (χ4v) is 1.71. The van der Waals surface area contributed by atoms with Crippen LogP contribution in [0, 0.1) is 11.3 Å². The van der Waals surface area contributed by atoms with E-state index in [1.165, 1.54) is 5.56 Å². The van der Waals surface area contributed by atoms with Crippen molar-refractivity contribution in [2.24, 2.45) is 5.10 Å². The SMILES string of the molecule is CCCc1ccc(/C(CC#N)=N/NC(=O)OCC)cc1. The summed E-state index contributed by atoms with van der Waals surface area (Å²) in [5.74, 6) is 0. The van der Waals surface area contributed by atoms with Crippen molar-refractivity contribution in [2.45, 2.75) is 33.1 Å². The van der Waals surface area contributed by atoms with E-state index in [0.717, 1.165) is 18.4 Å². The standard InChI is InChI=1S/C15H19N3O2/c1-3-5-12-6-8-13(9-7-12)14(10-11-16)17-18-15(19)20-4-2/h6-9H,3-5,10H2,1-2H3,(H,18,19)/b17-14+. The first kappa shape index (κ1) is 15.7. The quantitative estimate of drug-likeness (QED) is 0.639.